The van der Waals surface area contributed by atoms with Gasteiger partial charge in [-0.15, -0.1) is 0 Å². The van der Waals surface area contributed by atoms with Gasteiger partial charge in [-0.05, 0) is 50.1 Å². The summed E-state index contributed by atoms with van der Waals surface area (Å²) in [7, 11) is 0. The fraction of sp³-hybridized carbons (Fsp3) is 0.238. The molecule has 2 aromatic carbocycles. The number of nitrogens with zero attached hydrogens (tertiary/aromatic N) is 2. The number of aryl methyl sites for hydroxylation is 2. The standard InChI is InChI=1S/C21H20N2O4/c1-13-8-9-16(10-14(13)2)20(25)15(3)27-19(24)11-23-12-22-18-7-5-4-6-17(18)21(23)26/h4-10,12,15H,11H2,1-3H3/t15-/m0/s1. The Morgan fingerprint density at radius 3 is 2.59 bits per heavy atom. The first-order valence-corrected chi connectivity index (χ1v) is 8.62. The molecule has 3 rings (SSSR count). The van der Waals surface area contributed by atoms with Crippen molar-refractivity contribution in [2.24, 2.45) is 0 Å². The van der Waals surface area contributed by atoms with E-state index in [1.54, 1.807) is 36.4 Å². The van der Waals surface area contributed by atoms with Crippen molar-refractivity contribution in [2.45, 2.75) is 33.4 Å². The maximum atomic E-state index is 12.5. The van der Waals surface area contributed by atoms with E-state index in [-0.39, 0.29) is 17.9 Å². The SMILES string of the molecule is Cc1ccc(C(=O)[C@H](C)OC(=O)Cn2cnc3ccccc3c2=O)cc1C. The van der Waals surface area contributed by atoms with E-state index in [1.165, 1.54) is 17.8 Å². The minimum Gasteiger partial charge on any atom is -0.453 e. The molecular formula is C21H20N2O4. The second-order valence-corrected chi connectivity index (χ2v) is 6.49. The van der Waals surface area contributed by atoms with Crippen molar-refractivity contribution in [3.63, 3.8) is 0 Å². The van der Waals surface area contributed by atoms with Gasteiger partial charge < -0.3 is 4.74 Å². The van der Waals surface area contributed by atoms with Crippen molar-refractivity contribution < 1.29 is 14.3 Å². The Hall–Kier alpha value is -3.28. The summed E-state index contributed by atoms with van der Waals surface area (Å²) in [6, 6.07) is 12.2. The van der Waals surface area contributed by atoms with Gasteiger partial charge in [0.25, 0.3) is 5.56 Å². The summed E-state index contributed by atoms with van der Waals surface area (Å²) in [6.07, 6.45) is 0.366. The average molecular weight is 364 g/mol. The Bertz CT molecular complexity index is 1080. The minimum atomic E-state index is -0.941. The number of aromatic nitrogens is 2. The van der Waals surface area contributed by atoms with Crippen molar-refractivity contribution >= 4 is 22.7 Å². The number of carbonyl (C=O) groups excluding carboxylic acids is 2. The molecule has 0 bridgehead atoms. The molecule has 138 valence electrons. The van der Waals surface area contributed by atoms with E-state index in [0.717, 1.165) is 11.1 Å². The highest BCUT2D eigenvalue weighted by molar-refractivity contribution is 6.00. The molecule has 1 aromatic heterocycles. The van der Waals surface area contributed by atoms with Crippen molar-refractivity contribution in [1.29, 1.82) is 0 Å². The number of esters is 1. The first-order valence-electron chi connectivity index (χ1n) is 8.62. The number of hydrogen-bond acceptors (Lipinski definition) is 5. The highest BCUT2D eigenvalue weighted by Gasteiger charge is 2.20. The van der Waals surface area contributed by atoms with Gasteiger partial charge in [0.1, 0.15) is 6.54 Å². The van der Waals surface area contributed by atoms with Crippen LogP contribution in [0.2, 0.25) is 0 Å². The predicted molar refractivity (Wildman–Crippen MR) is 102 cm³/mol. The topological polar surface area (TPSA) is 78.3 Å². The molecule has 0 aliphatic rings. The molecule has 0 amide bonds. The van der Waals surface area contributed by atoms with Crippen LogP contribution in [-0.4, -0.2) is 27.4 Å². The van der Waals surface area contributed by atoms with Gasteiger partial charge >= 0.3 is 5.97 Å². The molecular weight excluding hydrogens is 344 g/mol. The smallest absolute Gasteiger partial charge is 0.326 e. The van der Waals surface area contributed by atoms with Gasteiger partial charge in [-0.2, -0.15) is 0 Å². The number of ketones is 1. The Balaban J connectivity index is 1.72. The second-order valence-electron chi connectivity index (χ2n) is 6.49. The molecule has 0 saturated carbocycles. The van der Waals surface area contributed by atoms with Crippen LogP contribution in [0.15, 0.2) is 53.6 Å². The second kappa shape index (κ2) is 7.53. The normalized spacial score (nSPS) is 12.0. The number of para-hydroxylation sites is 1. The molecule has 0 spiro atoms. The largest absolute Gasteiger partial charge is 0.453 e. The quantitative estimate of drug-likeness (QED) is 0.514. The molecule has 6 nitrogen and oxygen atoms in total. The van der Waals surface area contributed by atoms with Gasteiger partial charge in [-0.25, -0.2) is 4.98 Å². The maximum Gasteiger partial charge on any atom is 0.326 e. The molecule has 0 unspecified atom stereocenters. The molecule has 0 radical (unpaired) electrons. The van der Waals surface area contributed by atoms with E-state index >= 15 is 0 Å². The van der Waals surface area contributed by atoms with E-state index in [1.807, 2.05) is 19.9 Å². The number of benzene rings is 2. The minimum absolute atomic E-state index is 0.282. The summed E-state index contributed by atoms with van der Waals surface area (Å²) >= 11 is 0. The van der Waals surface area contributed by atoms with Crippen LogP contribution >= 0.6 is 0 Å². The molecule has 6 heteroatoms. The maximum absolute atomic E-state index is 12.5. The average Bonchev–Trinajstić information content (AvgIpc) is 2.65. The van der Waals surface area contributed by atoms with Crippen LogP contribution < -0.4 is 5.56 Å². The first kappa shape index (κ1) is 18.5. The Morgan fingerprint density at radius 1 is 1.11 bits per heavy atom. The van der Waals surface area contributed by atoms with Crippen LogP contribution in [0.25, 0.3) is 10.9 Å². The fourth-order valence-electron chi connectivity index (χ4n) is 2.78. The van der Waals surface area contributed by atoms with Crippen molar-refractivity contribution in [1.82, 2.24) is 9.55 Å². The highest BCUT2D eigenvalue weighted by Crippen LogP contribution is 2.13. The van der Waals surface area contributed by atoms with Gasteiger partial charge in [0.15, 0.2) is 6.10 Å². The zero-order valence-electron chi connectivity index (χ0n) is 15.4. The molecule has 27 heavy (non-hydrogen) atoms. The van der Waals surface area contributed by atoms with Crippen molar-refractivity contribution in [3.8, 4) is 0 Å². The molecule has 0 aliphatic carbocycles. The lowest BCUT2D eigenvalue weighted by molar-refractivity contribution is -0.147. The number of rotatable bonds is 5. The van der Waals surface area contributed by atoms with Gasteiger partial charge in [-0.1, -0.05) is 24.3 Å². The number of hydrogen-bond donors (Lipinski definition) is 0. The van der Waals surface area contributed by atoms with Crippen LogP contribution in [0.5, 0.6) is 0 Å². The van der Waals surface area contributed by atoms with Gasteiger partial charge in [-0.3, -0.25) is 19.0 Å². The monoisotopic (exact) mass is 364 g/mol. The van der Waals surface area contributed by atoms with Gasteiger partial charge in [0.05, 0.1) is 17.2 Å². The predicted octanol–water partition coefficient (Wildman–Crippen LogP) is 2.83. The lowest BCUT2D eigenvalue weighted by Crippen LogP contribution is -2.30. The van der Waals surface area contributed by atoms with Gasteiger partial charge in [0, 0.05) is 5.56 Å². The van der Waals surface area contributed by atoms with E-state index < -0.39 is 12.1 Å². The molecule has 1 heterocycles. The molecule has 0 N–H and O–H groups in total. The third-order valence-electron chi connectivity index (χ3n) is 4.50. The number of ether oxygens (including phenoxy) is 1. The Kier molecular flexibility index (Phi) is 5.16. The molecule has 1 atom stereocenters. The van der Waals surface area contributed by atoms with Crippen LogP contribution in [0.1, 0.15) is 28.4 Å². The van der Waals surface area contributed by atoms with Crippen molar-refractivity contribution in [2.75, 3.05) is 0 Å². The number of carbonyl (C=O) groups is 2. The summed E-state index contributed by atoms with van der Waals surface area (Å²) in [5, 5.41) is 0.423. The van der Waals surface area contributed by atoms with Crippen LogP contribution in [0, 0.1) is 13.8 Å². The first-order chi connectivity index (χ1) is 12.9. The van der Waals surface area contributed by atoms with E-state index in [9.17, 15) is 14.4 Å². The summed E-state index contributed by atoms with van der Waals surface area (Å²) < 4.78 is 6.41. The molecule has 0 fully saturated rings. The molecule has 3 aromatic rings. The third-order valence-corrected chi connectivity index (χ3v) is 4.50. The van der Waals surface area contributed by atoms with Gasteiger partial charge in [0.2, 0.25) is 5.78 Å². The van der Waals surface area contributed by atoms with E-state index in [2.05, 4.69) is 4.98 Å². The molecule has 0 saturated heterocycles. The zero-order valence-corrected chi connectivity index (χ0v) is 15.4. The Labute approximate surface area is 156 Å². The highest BCUT2D eigenvalue weighted by atomic mass is 16.5. The summed E-state index contributed by atoms with van der Waals surface area (Å²) in [5.41, 5.74) is 2.80. The third kappa shape index (κ3) is 3.95. The lowest BCUT2D eigenvalue weighted by atomic mass is 10.0. The zero-order chi connectivity index (χ0) is 19.6. The van der Waals surface area contributed by atoms with E-state index in [0.29, 0.717) is 16.5 Å². The van der Waals surface area contributed by atoms with Crippen LogP contribution in [0.4, 0.5) is 0 Å². The number of fused-ring (bicyclic) bond motifs is 1. The van der Waals surface area contributed by atoms with E-state index in [4.69, 9.17) is 4.74 Å². The molecule has 0 aliphatic heterocycles. The lowest BCUT2D eigenvalue weighted by Gasteiger charge is -2.14. The van der Waals surface area contributed by atoms with Crippen LogP contribution in [-0.2, 0) is 16.1 Å². The summed E-state index contributed by atoms with van der Waals surface area (Å²) in [6.45, 7) is 5.10. The van der Waals surface area contributed by atoms with Crippen molar-refractivity contribution in [3.05, 3.63) is 75.8 Å². The van der Waals surface area contributed by atoms with Crippen LogP contribution in [0.3, 0.4) is 0 Å². The Morgan fingerprint density at radius 2 is 1.85 bits per heavy atom. The number of Topliss-reactive ketones (excluding diaryl/α,β-unsaturated/α-hetero) is 1. The fourth-order valence-corrected chi connectivity index (χ4v) is 2.78. The summed E-state index contributed by atoms with van der Waals surface area (Å²) in [4.78, 5) is 41.3. The summed E-state index contributed by atoms with van der Waals surface area (Å²) in [5.74, 6) is -0.950.